The summed E-state index contributed by atoms with van der Waals surface area (Å²) in [5.74, 6) is 0. The van der Waals surface area contributed by atoms with Crippen LogP contribution in [0.15, 0.2) is 54.2 Å². The first kappa shape index (κ1) is 11.4. The average molecular weight is 255 g/mol. The summed E-state index contributed by atoms with van der Waals surface area (Å²) in [6, 6.07) is 12.1. The van der Waals surface area contributed by atoms with E-state index in [0.717, 1.165) is 16.5 Å². The number of aliphatic hydroxyl groups is 1. The molecule has 0 spiro atoms. The van der Waals surface area contributed by atoms with E-state index in [1.807, 2.05) is 29.6 Å². The molecule has 0 aliphatic rings. The lowest BCUT2D eigenvalue weighted by atomic mass is 10.0. The van der Waals surface area contributed by atoms with Crippen LogP contribution in [0.3, 0.4) is 0 Å². The van der Waals surface area contributed by atoms with Crippen LogP contribution in [-0.4, -0.2) is 10.1 Å². The second-order valence-corrected chi connectivity index (χ2v) is 5.18. The van der Waals surface area contributed by atoms with Crippen molar-refractivity contribution in [1.82, 2.24) is 4.98 Å². The van der Waals surface area contributed by atoms with Crippen LogP contribution < -0.4 is 0 Å². The summed E-state index contributed by atoms with van der Waals surface area (Å²) < 4.78 is 1.22. The van der Waals surface area contributed by atoms with Crippen LogP contribution in [0.25, 0.3) is 10.1 Å². The predicted octanol–water partition coefficient (Wildman–Crippen LogP) is 3.57. The van der Waals surface area contributed by atoms with Gasteiger partial charge in [0.1, 0.15) is 0 Å². The molecule has 1 unspecified atom stereocenters. The molecule has 0 aliphatic carbocycles. The molecule has 90 valence electrons. The Balaban J connectivity index is 1.90. The number of thiophene rings is 1. The summed E-state index contributed by atoms with van der Waals surface area (Å²) in [5.41, 5.74) is 2.07. The number of hydrogen-bond donors (Lipinski definition) is 1. The summed E-state index contributed by atoms with van der Waals surface area (Å²) >= 11 is 1.68. The number of fused-ring (bicyclic) bond motifs is 1. The van der Waals surface area contributed by atoms with Gasteiger partial charge in [0.05, 0.1) is 6.10 Å². The van der Waals surface area contributed by atoms with Gasteiger partial charge >= 0.3 is 0 Å². The Morgan fingerprint density at radius 1 is 1.17 bits per heavy atom. The molecule has 0 bridgehead atoms. The Kier molecular flexibility index (Phi) is 3.09. The average Bonchev–Trinajstić information content (AvgIpc) is 2.84. The highest BCUT2D eigenvalue weighted by atomic mass is 32.1. The third-order valence-corrected chi connectivity index (χ3v) is 4.00. The minimum absolute atomic E-state index is 0.467. The van der Waals surface area contributed by atoms with Gasteiger partial charge in [-0.1, -0.05) is 24.3 Å². The van der Waals surface area contributed by atoms with E-state index in [2.05, 4.69) is 17.1 Å². The van der Waals surface area contributed by atoms with E-state index < -0.39 is 6.10 Å². The molecular weight excluding hydrogens is 242 g/mol. The monoisotopic (exact) mass is 255 g/mol. The van der Waals surface area contributed by atoms with E-state index in [-0.39, 0.29) is 0 Å². The molecule has 0 aliphatic heterocycles. The van der Waals surface area contributed by atoms with Crippen molar-refractivity contribution in [3.8, 4) is 0 Å². The molecule has 0 saturated carbocycles. The van der Waals surface area contributed by atoms with E-state index in [1.165, 1.54) is 4.70 Å². The van der Waals surface area contributed by atoms with Crippen molar-refractivity contribution in [3.63, 3.8) is 0 Å². The van der Waals surface area contributed by atoms with Crippen LogP contribution >= 0.6 is 11.3 Å². The molecule has 2 nitrogen and oxygen atoms in total. The highest BCUT2D eigenvalue weighted by Crippen LogP contribution is 2.31. The van der Waals surface area contributed by atoms with Crippen LogP contribution in [0.1, 0.15) is 17.2 Å². The molecule has 3 aromatic rings. The van der Waals surface area contributed by atoms with Gasteiger partial charge in [-0.25, -0.2) is 0 Å². The van der Waals surface area contributed by atoms with Crippen LogP contribution in [-0.2, 0) is 6.42 Å². The zero-order chi connectivity index (χ0) is 12.4. The summed E-state index contributed by atoms with van der Waals surface area (Å²) in [7, 11) is 0. The van der Waals surface area contributed by atoms with Gasteiger partial charge in [-0.05, 0) is 34.0 Å². The molecule has 0 saturated heterocycles. The van der Waals surface area contributed by atoms with Gasteiger partial charge in [0.15, 0.2) is 0 Å². The lowest BCUT2D eigenvalue weighted by molar-refractivity contribution is 0.180. The van der Waals surface area contributed by atoms with Crippen molar-refractivity contribution >= 4 is 21.4 Å². The molecule has 18 heavy (non-hydrogen) atoms. The first-order chi connectivity index (χ1) is 8.84. The second-order valence-electron chi connectivity index (χ2n) is 4.27. The second kappa shape index (κ2) is 4.88. The number of rotatable bonds is 3. The van der Waals surface area contributed by atoms with Crippen molar-refractivity contribution in [2.24, 2.45) is 0 Å². The lowest BCUT2D eigenvalue weighted by Gasteiger charge is -2.09. The number of aromatic nitrogens is 1. The van der Waals surface area contributed by atoms with Gasteiger partial charge in [0, 0.05) is 23.5 Å². The Hall–Kier alpha value is -1.71. The van der Waals surface area contributed by atoms with Gasteiger partial charge in [0.2, 0.25) is 0 Å². The van der Waals surface area contributed by atoms with E-state index in [9.17, 15) is 5.11 Å². The number of nitrogens with zero attached hydrogens (tertiary/aromatic N) is 1. The fourth-order valence-electron chi connectivity index (χ4n) is 2.11. The zero-order valence-electron chi connectivity index (χ0n) is 9.78. The minimum atomic E-state index is -0.467. The number of pyridine rings is 1. The molecule has 3 heteroatoms. The summed E-state index contributed by atoms with van der Waals surface area (Å²) in [6.07, 6.45) is 3.69. The summed E-state index contributed by atoms with van der Waals surface area (Å²) in [5, 5.41) is 13.5. The smallest absolute Gasteiger partial charge is 0.0844 e. The maximum atomic E-state index is 10.3. The van der Waals surface area contributed by atoms with Crippen LogP contribution in [0.2, 0.25) is 0 Å². The van der Waals surface area contributed by atoms with Crippen molar-refractivity contribution < 1.29 is 5.11 Å². The summed E-state index contributed by atoms with van der Waals surface area (Å²) in [4.78, 5) is 4.07. The van der Waals surface area contributed by atoms with Gasteiger partial charge in [0.25, 0.3) is 0 Å². The Morgan fingerprint density at radius 2 is 2.06 bits per heavy atom. The summed E-state index contributed by atoms with van der Waals surface area (Å²) in [6.45, 7) is 0. The Labute approximate surface area is 110 Å². The van der Waals surface area contributed by atoms with Crippen LogP contribution in [0.4, 0.5) is 0 Å². The zero-order valence-corrected chi connectivity index (χ0v) is 10.6. The van der Waals surface area contributed by atoms with Gasteiger partial charge in [-0.15, -0.1) is 11.3 Å². The lowest BCUT2D eigenvalue weighted by Crippen LogP contribution is -2.01. The quantitative estimate of drug-likeness (QED) is 0.776. The van der Waals surface area contributed by atoms with Gasteiger partial charge in [-0.2, -0.15) is 0 Å². The fraction of sp³-hybridized carbons (Fsp3) is 0.133. The highest BCUT2D eigenvalue weighted by Gasteiger charge is 2.13. The number of aliphatic hydroxyl groups excluding tert-OH is 1. The normalized spacial score (nSPS) is 12.7. The van der Waals surface area contributed by atoms with Gasteiger partial charge in [-0.3, -0.25) is 4.98 Å². The molecule has 0 radical (unpaired) electrons. The SMILES string of the molecule is OC(Cc1cccnc1)c1csc2ccccc12. The molecule has 1 aromatic carbocycles. The highest BCUT2D eigenvalue weighted by molar-refractivity contribution is 7.17. The standard InChI is InChI=1S/C15H13NOS/c17-14(8-11-4-3-7-16-9-11)13-10-18-15-6-2-1-5-12(13)15/h1-7,9-10,14,17H,8H2. The van der Waals surface area contributed by atoms with Crippen molar-refractivity contribution in [3.05, 3.63) is 65.3 Å². The van der Waals surface area contributed by atoms with Crippen molar-refractivity contribution in [1.29, 1.82) is 0 Å². The first-order valence-electron chi connectivity index (χ1n) is 5.87. The van der Waals surface area contributed by atoms with Crippen LogP contribution in [0.5, 0.6) is 0 Å². The predicted molar refractivity (Wildman–Crippen MR) is 74.7 cm³/mol. The first-order valence-corrected chi connectivity index (χ1v) is 6.75. The van der Waals surface area contributed by atoms with Gasteiger partial charge < -0.3 is 5.11 Å². The number of benzene rings is 1. The third-order valence-electron chi connectivity index (χ3n) is 3.02. The molecule has 0 fully saturated rings. The maximum Gasteiger partial charge on any atom is 0.0844 e. The van der Waals surface area contributed by atoms with Crippen molar-refractivity contribution in [2.75, 3.05) is 0 Å². The Morgan fingerprint density at radius 3 is 2.89 bits per heavy atom. The van der Waals surface area contributed by atoms with E-state index in [0.29, 0.717) is 6.42 Å². The molecule has 2 aromatic heterocycles. The van der Waals surface area contributed by atoms with Crippen molar-refractivity contribution in [2.45, 2.75) is 12.5 Å². The molecule has 2 heterocycles. The largest absolute Gasteiger partial charge is 0.388 e. The molecule has 1 N–H and O–H groups in total. The topological polar surface area (TPSA) is 33.1 Å². The fourth-order valence-corrected chi connectivity index (χ4v) is 3.12. The molecule has 3 rings (SSSR count). The van der Waals surface area contributed by atoms with E-state index in [1.54, 1.807) is 23.7 Å². The van der Waals surface area contributed by atoms with Crippen LogP contribution in [0, 0.1) is 0 Å². The number of hydrogen-bond acceptors (Lipinski definition) is 3. The molecular formula is C15H13NOS. The Bertz CT molecular complexity index is 648. The van der Waals surface area contributed by atoms with E-state index >= 15 is 0 Å². The molecule has 1 atom stereocenters. The maximum absolute atomic E-state index is 10.3. The third kappa shape index (κ3) is 2.15. The molecule has 0 amide bonds. The van der Waals surface area contributed by atoms with E-state index in [4.69, 9.17) is 0 Å². The minimum Gasteiger partial charge on any atom is -0.388 e.